The molecule has 3 aromatic rings. The molecule has 0 aliphatic heterocycles. The average molecular weight is 414 g/mol. The molecule has 0 fully saturated rings. The highest BCUT2D eigenvalue weighted by molar-refractivity contribution is 7.92. The number of nitrogens with zero attached hydrogens (tertiary/aromatic N) is 1. The third-order valence-electron chi connectivity index (χ3n) is 4.09. The number of benzene rings is 3. The zero-order valence-corrected chi connectivity index (χ0v) is 16.4. The molecule has 0 atom stereocenters. The van der Waals surface area contributed by atoms with E-state index in [1.165, 1.54) is 37.4 Å². The van der Waals surface area contributed by atoms with Crippen LogP contribution < -0.4 is 14.4 Å². The van der Waals surface area contributed by atoms with Crippen molar-refractivity contribution >= 4 is 27.3 Å². The van der Waals surface area contributed by atoms with Gasteiger partial charge in [0.1, 0.15) is 18.1 Å². The SMILES string of the molecule is COc1ccc(N(CC(=O)Nc2cccc(F)c2)S(=O)(=O)c2ccccc2)cc1. The van der Waals surface area contributed by atoms with Crippen molar-refractivity contribution in [3.05, 3.63) is 84.7 Å². The summed E-state index contributed by atoms with van der Waals surface area (Å²) < 4.78 is 45.8. The van der Waals surface area contributed by atoms with Crippen molar-refractivity contribution in [1.82, 2.24) is 0 Å². The highest BCUT2D eigenvalue weighted by Gasteiger charge is 2.27. The van der Waals surface area contributed by atoms with E-state index in [1.807, 2.05) is 0 Å². The summed E-state index contributed by atoms with van der Waals surface area (Å²) >= 11 is 0. The van der Waals surface area contributed by atoms with Crippen LogP contribution in [0.2, 0.25) is 0 Å². The van der Waals surface area contributed by atoms with Gasteiger partial charge in [-0.05, 0) is 54.6 Å². The molecule has 29 heavy (non-hydrogen) atoms. The lowest BCUT2D eigenvalue weighted by molar-refractivity contribution is -0.114. The standard InChI is InChI=1S/C21H19FN2O4S/c1-28-19-12-10-18(11-13-19)24(29(26,27)20-8-3-2-4-9-20)15-21(25)23-17-7-5-6-16(22)14-17/h2-14H,15H2,1H3,(H,23,25). The van der Waals surface area contributed by atoms with Crippen molar-refractivity contribution in [2.75, 3.05) is 23.3 Å². The first-order valence-electron chi connectivity index (χ1n) is 8.67. The van der Waals surface area contributed by atoms with E-state index in [9.17, 15) is 17.6 Å². The van der Waals surface area contributed by atoms with Gasteiger partial charge in [0.25, 0.3) is 10.0 Å². The summed E-state index contributed by atoms with van der Waals surface area (Å²) in [5, 5.41) is 2.52. The predicted octanol–water partition coefficient (Wildman–Crippen LogP) is 3.67. The molecule has 0 aliphatic rings. The van der Waals surface area contributed by atoms with Crippen LogP contribution in [-0.4, -0.2) is 28.0 Å². The molecular formula is C21H19FN2O4S. The van der Waals surface area contributed by atoms with E-state index in [-0.39, 0.29) is 10.6 Å². The van der Waals surface area contributed by atoms with Crippen LogP contribution in [0.15, 0.2) is 83.8 Å². The molecule has 150 valence electrons. The van der Waals surface area contributed by atoms with Crippen molar-refractivity contribution in [2.45, 2.75) is 4.90 Å². The zero-order valence-electron chi connectivity index (χ0n) is 15.6. The summed E-state index contributed by atoms with van der Waals surface area (Å²) in [5.74, 6) is -0.562. The summed E-state index contributed by atoms with van der Waals surface area (Å²) in [4.78, 5) is 12.6. The zero-order chi connectivity index (χ0) is 20.9. The number of amides is 1. The van der Waals surface area contributed by atoms with Crippen LogP contribution in [0.1, 0.15) is 0 Å². The van der Waals surface area contributed by atoms with Gasteiger partial charge in [0.05, 0.1) is 17.7 Å². The van der Waals surface area contributed by atoms with Crippen molar-refractivity contribution in [3.8, 4) is 5.75 Å². The van der Waals surface area contributed by atoms with Crippen LogP contribution in [0.5, 0.6) is 5.75 Å². The Balaban J connectivity index is 1.93. The minimum Gasteiger partial charge on any atom is -0.497 e. The van der Waals surface area contributed by atoms with Crippen LogP contribution in [0.3, 0.4) is 0 Å². The first-order valence-corrected chi connectivity index (χ1v) is 10.1. The molecule has 8 heteroatoms. The van der Waals surface area contributed by atoms with Crippen molar-refractivity contribution in [3.63, 3.8) is 0 Å². The molecule has 3 aromatic carbocycles. The van der Waals surface area contributed by atoms with E-state index >= 15 is 0 Å². The van der Waals surface area contributed by atoms with Gasteiger partial charge in [-0.25, -0.2) is 12.8 Å². The smallest absolute Gasteiger partial charge is 0.264 e. The predicted molar refractivity (Wildman–Crippen MR) is 109 cm³/mol. The lowest BCUT2D eigenvalue weighted by Crippen LogP contribution is -2.38. The highest BCUT2D eigenvalue weighted by Crippen LogP contribution is 2.26. The fraction of sp³-hybridized carbons (Fsp3) is 0.0952. The Bertz CT molecular complexity index is 1090. The summed E-state index contributed by atoms with van der Waals surface area (Å²) in [5.41, 5.74) is 0.533. The van der Waals surface area contributed by atoms with E-state index in [0.717, 1.165) is 10.4 Å². The maximum atomic E-state index is 13.4. The molecule has 0 saturated carbocycles. The second kappa shape index (κ2) is 8.74. The van der Waals surface area contributed by atoms with Gasteiger partial charge in [0, 0.05) is 5.69 Å². The van der Waals surface area contributed by atoms with Crippen molar-refractivity contribution in [1.29, 1.82) is 0 Å². The Kier molecular flexibility index (Phi) is 6.13. The lowest BCUT2D eigenvalue weighted by Gasteiger charge is -2.24. The molecule has 1 N–H and O–H groups in total. The maximum Gasteiger partial charge on any atom is 0.264 e. The molecule has 0 bridgehead atoms. The third-order valence-corrected chi connectivity index (χ3v) is 5.88. The molecule has 0 radical (unpaired) electrons. The number of rotatable bonds is 7. The van der Waals surface area contributed by atoms with Gasteiger partial charge in [0.15, 0.2) is 0 Å². The summed E-state index contributed by atoms with van der Waals surface area (Å²) in [7, 11) is -2.51. The van der Waals surface area contributed by atoms with E-state index in [4.69, 9.17) is 4.74 Å². The van der Waals surface area contributed by atoms with Crippen LogP contribution in [0.4, 0.5) is 15.8 Å². The molecule has 1 amide bonds. The highest BCUT2D eigenvalue weighted by atomic mass is 32.2. The summed E-state index contributed by atoms with van der Waals surface area (Å²) in [6, 6.07) is 19.5. The Hall–Kier alpha value is -3.39. The Morgan fingerprint density at radius 1 is 1.00 bits per heavy atom. The van der Waals surface area contributed by atoms with Crippen LogP contribution in [0, 0.1) is 5.82 Å². The Morgan fingerprint density at radius 3 is 2.31 bits per heavy atom. The number of ether oxygens (including phenoxy) is 1. The first kappa shape index (κ1) is 20.3. The van der Waals surface area contributed by atoms with E-state index in [1.54, 1.807) is 42.5 Å². The number of carbonyl (C=O) groups is 1. The maximum absolute atomic E-state index is 13.4. The van der Waals surface area contributed by atoms with Gasteiger partial charge in [-0.15, -0.1) is 0 Å². The molecular weight excluding hydrogens is 395 g/mol. The number of sulfonamides is 1. The van der Waals surface area contributed by atoms with Crippen LogP contribution in [-0.2, 0) is 14.8 Å². The average Bonchev–Trinajstić information content (AvgIpc) is 2.73. The number of carbonyl (C=O) groups excluding carboxylic acids is 1. The molecule has 0 heterocycles. The molecule has 0 unspecified atom stereocenters. The quantitative estimate of drug-likeness (QED) is 0.640. The monoisotopic (exact) mass is 414 g/mol. The van der Waals surface area contributed by atoms with Crippen molar-refractivity contribution in [2.24, 2.45) is 0 Å². The molecule has 0 spiro atoms. The largest absolute Gasteiger partial charge is 0.497 e. The van der Waals surface area contributed by atoms with Gasteiger partial charge < -0.3 is 10.1 Å². The van der Waals surface area contributed by atoms with E-state index in [2.05, 4.69) is 5.32 Å². The van der Waals surface area contributed by atoms with Gasteiger partial charge in [0.2, 0.25) is 5.91 Å². The summed E-state index contributed by atoms with van der Waals surface area (Å²) in [6.45, 7) is -0.486. The van der Waals surface area contributed by atoms with Gasteiger partial charge in [-0.2, -0.15) is 0 Å². The number of hydrogen-bond donors (Lipinski definition) is 1. The topological polar surface area (TPSA) is 75.7 Å². The number of hydrogen-bond acceptors (Lipinski definition) is 4. The van der Waals surface area contributed by atoms with E-state index in [0.29, 0.717) is 11.4 Å². The fourth-order valence-corrected chi connectivity index (χ4v) is 4.12. The lowest BCUT2D eigenvalue weighted by atomic mass is 10.3. The molecule has 0 aliphatic carbocycles. The Morgan fingerprint density at radius 2 is 1.69 bits per heavy atom. The Labute approximate surface area is 168 Å². The summed E-state index contributed by atoms with van der Waals surface area (Å²) in [6.07, 6.45) is 0. The number of nitrogens with one attached hydrogen (secondary N) is 1. The van der Waals surface area contributed by atoms with Crippen molar-refractivity contribution < 1.29 is 22.3 Å². The van der Waals surface area contributed by atoms with Gasteiger partial charge in [-0.1, -0.05) is 24.3 Å². The molecule has 0 saturated heterocycles. The van der Waals surface area contributed by atoms with Gasteiger partial charge >= 0.3 is 0 Å². The molecule has 3 rings (SSSR count). The normalized spacial score (nSPS) is 11.0. The molecule has 0 aromatic heterocycles. The number of halogens is 1. The van der Waals surface area contributed by atoms with Gasteiger partial charge in [-0.3, -0.25) is 9.10 Å². The van der Waals surface area contributed by atoms with Crippen LogP contribution in [0.25, 0.3) is 0 Å². The van der Waals surface area contributed by atoms with E-state index < -0.39 is 28.3 Å². The minimum absolute atomic E-state index is 0.0503. The number of methoxy groups -OCH3 is 1. The number of anilines is 2. The second-order valence-corrected chi connectivity index (χ2v) is 7.94. The molecule has 6 nitrogen and oxygen atoms in total. The first-order chi connectivity index (χ1) is 13.9. The fourth-order valence-electron chi connectivity index (χ4n) is 2.68. The third kappa shape index (κ3) is 4.91. The second-order valence-electron chi connectivity index (χ2n) is 6.08. The minimum atomic E-state index is -4.01. The van der Waals surface area contributed by atoms with Crippen LogP contribution >= 0.6 is 0 Å².